The Kier molecular flexibility index (Phi) is 6.72. The molecule has 172 valence electrons. The van der Waals surface area contributed by atoms with Gasteiger partial charge in [-0.05, 0) is 55.7 Å². The van der Waals surface area contributed by atoms with Gasteiger partial charge in [0.05, 0.1) is 7.11 Å². The number of methoxy groups -OCH3 is 1. The molecule has 1 aliphatic heterocycles. The van der Waals surface area contributed by atoms with E-state index in [2.05, 4.69) is 15.5 Å². The predicted molar refractivity (Wildman–Crippen MR) is 124 cm³/mol. The molecule has 2 amide bonds. The lowest BCUT2D eigenvalue weighted by Gasteiger charge is -2.30. The molecule has 1 aliphatic rings. The van der Waals surface area contributed by atoms with Gasteiger partial charge in [0.15, 0.2) is 0 Å². The van der Waals surface area contributed by atoms with Gasteiger partial charge in [-0.25, -0.2) is 0 Å². The molecular weight excluding hydrogens is 420 g/mol. The number of amides is 2. The zero-order valence-corrected chi connectivity index (χ0v) is 19.1. The van der Waals surface area contributed by atoms with Crippen molar-refractivity contribution in [3.63, 3.8) is 0 Å². The minimum Gasteiger partial charge on any atom is -0.497 e. The zero-order chi connectivity index (χ0) is 23.4. The maximum Gasteiger partial charge on any atom is 0.254 e. The van der Waals surface area contributed by atoms with Crippen molar-refractivity contribution in [2.24, 2.45) is 0 Å². The highest BCUT2D eigenvalue weighted by Gasteiger charge is 2.28. The van der Waals surface area contributed by atoms with Gasteiger partial charge in [-0.1, -0.05) is 24.2 Å². The van der Waals surface area contributed by atoms with Crippen molar-refractivity contribution >= 4 is 17.5 Å². The first kappa shape index (κ1) is 22.5. The van der Waals surface area contributed by atoms with E-state index in [9.17, 15) is 9.59 Å². The Bertz CT molecular complexity index is 1150. The summed E-state index contributed by atoms with van der Waals surface area (Å²) in [5.74, 6) is 1.91. The maximum absolute atomic E-state index is 13.0. The number of hydrogen-bond donors (Lipinski definition) is 1. The molecule has 0 unspecified atom stereocenters. The lowest BCUT2D eigenvalue weighted by atomic mass is 9.95. The van der Waals surface area contributed by atoms with Crippen LogP contribution in [-0.2, 0) is 4.79 Å². The van der Waals surface area contributed by atoms with Crippen molar-refractivity contribution in [2.75, 3.05) is 25.5 Å². The van der Waals surface area contributed by atoms with E-state index in [1.807, 2.05) is 61.2 Å². The fraction of sp³-hybridized carbons (Fsp3) is 0.360. The Balaban J connectivity index is 1.40. The van der Waals surface area contributed by atoms with E-state index in [0.29, 0.717) is 42.5 Å². The summed E-state index contributed by atoms with van der Waals surface area (Å²) < 4.78 is 10.8. The molecule has 0 aliphatic carbocycles. The van der Waals surface area contributed by atoms with Gasteiger partial charge in [-0.2, -0.15) is 4.98 Å². The number of nitrogens with zero attached hydrogens (tertiary/aromatic N) is 3. The lowest BCUT2D eigenvalue weighted by molar-refractivity contribution is -0.115. The molecule has 0 saturated carbocycles. The van der Waals surface area contributed by atoms with E-state index in [4.69, 9.17) is 9.26 Å². The Morgan fingerprint density at radius 3 is 2.67 bits per heavy atom. The molecule has 0 bridgehead atoms. The first-order valence-corrected chi connectivity index (χ1v) is 11.2. The summed E-state index contributed by atoms with van der Waals surface area (Å²) in [6, 6.07) is 12.9. The molecule has 2 heterocycles. The van der Waals surface area contributed by atoms with E-state index in [-0.39, 0.29) is 17.7 Å². The van der Waals surface area contributed by atoms with Crippen molar-refractivity contribution in [1.82, 2.24) is 15.0 Å². The van der Waals surface area contributed by atoms with Crippen LogP contribution in [-0.4, -0.2) is 47.1 Å². The number of aromatic nitrogens is 2. The fourth-order valence-electron chi connectivity index (χ4n) is 4.01. The molecule has 1 fully saturated rings. The molecule has 1 N–H and O–H groups in total. The van der Waals surface area contributed by atoms with Crippen molar-refractivity contribution in [1.29, 1.82) is 0 Å². The molecule has 1 saturated heterocycles. The summed E-state index contributed by atoms with van der Waals surface area (Å²) in [5, 5.41) is 6.98. The fourth-order valence-corrected chi connectivity index (χ4v) is 4.01. The van der Waals surface area contributed by atoms with Crippen LogP contribution in [0.5, 0.6) is 5.75 Å². The second-order valence-electron chi connectivity index (χ2n) is 8.19. The molecule has 1 aromatic heterocycles. The van der Waals surface area contributed by atoms with Crippen molar-refractivity contribution in [3.05, 3.63) is 59.5 Å². The number of rotatable bonds is 6. The SMILES string of the molecule is CCC(=O)Nc1cccc(-c2noc(C3CCN(C(=O)c4ccc(OC)cc4C)CC3)n2)c1. The number of aryl methyl sites for hydroxylation is 1. The van der Waals surface area contributed by atoms with Crippen LogP contribution in [0.15, 0.2) is 47.0 Å². The third-order valence-electron chi connectivity index (χ3n) is 5.96. The number of nitrogens with one attached hydrogen (secondary N) is 1. The van der Waals surface area contributed by atoms with Crippen LogP contribution in [0.1, 0.15) is 53.9 Å². The standard InChI is InChI=1S/C25H28N4O4/c1-4-22(30)26-19-7-5-6-18(15-19)23-27-24(33-28-23)17-10-12-29(13-11-17)25(31)21-9-8-20(32-3)14-16(21)2/h5-9,14-15,17H,4,10-13H2,1-3H3,(H,26,30). The molecule has 8 heteroatoms. The highest BCUT2D eigenvalue weighted by atomic mass is 16.5. The van der Waals surface area contributed by atoms with Gasteiger partial charge in [-0.15, -0.1) is 0 Å². The smallest absolute Gasteiger partial charge is 0.254 e. The number of anilines is 1. The zero-order valence-electron chi connectivity index (χ0n) is 19.1. The second kappa shape index (κ2) is 9.85. The summed E-state index contributed by atoms with van der Waals surface area (Å²) in [6.45, 7) is 4.99. The minimum absolute atomic E-state index is 0.0331. The molecule has 0 radical (unpaired) electrons. The number of carbonyl (C=O) groups excluding carboxylic acids is 2. The summed E-state index contributed by atoms with van der Waals surface area (Å²) in [4.78, 5) is 31.1. The van der Waals surface area contributed by atoms with Gasteiger partial charge in [-0.3, -0.25) is 9.59 Å². The van der Waals surface area contributed by atoms with Crippen molar-refractivity contribution in [2.45, 2.75) is 39.0 Å². The summed E-state index contributed by atoms with van der Waals surface area (Å²) in [7, 11) is 1.62. The van der Waals surface area contributed by atoms with Crippen LogP contribution in [0.25, 0.3) is 11.4 Å². The summed E-state index contributed by atoms with van der Waals surface area (Å²) in [6.07, 6.45) is 1.93. The molecule has 3 aromatic rings. The van der Waals surface area contributed by atoms with Gasteiger partial charge in [0.1, 0.15) is 5.75 Å². The van der Waals surface area contributed by atoms with Gasteiger partial charge < -0.3 is 19.5 Å². The average molecular weight is 449 g/mol. The van der Waals surface area contributed by atoms with Crippen LogP contribution in [0, 0.1) is 6.92 Å². The van der Waals surface area contributed by atoms with E-state index < -0.39 is 0 Å². The van der Waals surface area contributed by atoms with Gasteiger partial charge in [0, 0.05) is 42.2 Å². The number of benzene rings is 2. The van der Waals surface area contributed by atoms with E-state index in [1.165, 1.54) is 0 Å². The number of likely N-dealkylation sites (tertiary alicyclic amines) is 1. The normalized spacial score (nSPS) is 14.2. The Morgan fingerprint density at radius 1 is 1.18 bits per heavy atom. The highest BCUT2D eigenvalue weighted by Crippen LogP contribution is 2.30. The second-order valence-corrected chi connectivity index (χ2v) is 8.19. The quantitative estimate of drug-likeness (QED) is 0.599. The van der Waals surface area contributed by atoms with Crippen LogP contribution in [0.2, 0.25) is 0 Å². The Morgan fingerprint density at radius 2 is 1.97 bits per heavy atom. The lowest BCUT2D eigenvalue weighted by Crippen LogP contribution is -2.38. The molecular formula is C25H28N4O4. The van der Waals surface area contributed by atoms with Crippen molar-refractivity contribution < 1.29 is 18.8 Å². The molecule has 0 spiro atoms. The highest BCUT2D eigenvalue weighted by molar-refractivity contribution is 5.96. The number of carbonyl (C=O) groups is 2. The minimum atomic E-state index is -0.0490. The number of hydrogen-bond acceptors (Lipinski definition) is 6. The van der Waals surface area contributed by atoms with E-state index in [0.717, 1.165) is 29.7 Å². The molecule has 2 aromatic carbocycles. The molecule has 8 nitrogen and oxygen atoms in total. The largest absolute Gasteiger partial charge is 0.497 e. The first-order valence-electron chi connectivity index (χ1n) is 11.2. The maximum atomic E-state index is 13.0. The Hall–Kier alpha value is -3.68. The molecule has 33 heavy (non-hydrogen) atoms. The van der Waals surface area contributed by atoms with Gasteiger partial charge in [0.2, 0.25) is 17.6 Å². The molecule has 4 rings (SSSR count). The summed E-state index contributed by atoms with van der Waals surface area (Å²) in [5.41, 5.74) is 3.08. The van der Waals surface area contributed by atoms with E-state index >= 15 is 0 Å². The van der Waals surface area contributed by atoms with Crippen LogP contribution < -0.4 is 10.1 Å². The average Bonchev–Trinajstić information content (AvgIpc) is 3.34. The predicted octanol–water partition coefficient (Wildman–Crippen LogP) is 4.42. The first-order chi connectivity index (χ1) is 16.0. The Labute approximate surface area is 192 Å². The number of ether oxygens (including phenoxy) is 1. The number of piperidine rings is 1. The topological polar surface area (TPSA) is 97.6 Å². The monoisotopic (exact) mass is 448 g/mol. The van der Waals surface area contributed by atoms with Crippen LogP contribution in [0.4, 0.5) is 5.69 Å². The third kappa shape index (κ3) is 5.05. The third-order valence-corrected chi connectivity index (χ3v) is 5.96. The van der Waals surface area contributed by atoms with Crippen LogP contribution in [0.3, 0.4) is 0 Å². The summed E-state index contributed by atoms with van der Waals surface area (Å²) >= 11 is 0. The van der Waals surface area contributed by atoms with E-state index in [1.54, 1.807) is 7.11 Å². The van der Waals surface area contributed by atoms with Gasteiger partial charge >= 0.3 is 0 Å². The van der Waals surface area contributed by atoms with Crippen LogP contribution >= 0.6 is 0 Å². The molecule has 0 atom stereocenters. The van der Waals surface area contributed by atoms with Gasteiger partial charge in [0.25, 0.3) is 5.91 Å². The van der Waals surface area contributed by atoms with Crippen molar-refractivity contribution in [3.8, 4) is 17.1 Å².